The normalized spacial score (nSPS) is 18.6. The van der Waals surface area contributed by atoms with Gasteiger partial charge in [-0.3, -0.25) is 0 Å². The van der Waals surface area contributed by atoms with Crippen LogP contribution in [0.5, 0.6) is 0 Å². The predicted molar refractivity (Wildman–Crippen MR) is 75.7 cm³/mol. The van der Waals surface area contributed by atoms with E-state index in [2.05, 4.69) is 10.3 Å². The van der Waals surface area contributed by atoms with Gasteiger partial charge in [0.1, 0.15) is 5.82 Å². The summed E-state index contributed by atoms with van der Waals surface area (Å²) in [5.74, 6) is 0.421. The van der Waals surface area contributed by atoms with Crippen molar-refractivity contribution in [2.45, 2.75) is 25.3 Å². The minimum atomic E-state index is -0.419. The molecule has 1 aliphatic rings. The molecule has 1 fully saturated rings. The summed E-state index contributed by atoms with van der Waals surface area (Å²) >= 11 is 0. The van der Waals surface area contributed by atoms with Gasteiger partial charge in [-0.15, -0.1) is 0 Å². The second-order valence-electron chi connectivity index (χ2n) is 5.08. The van der Waals surface area contributed by atoms with Crippen LogP contribution in [-0.2, 0) is 11.2 Å². The van der Waals surface area contributed by atoms with E-state index >= 15 is 0 Å². The van der Waals surface area contributed by atoms with Gasteiger partial charge in [0, 0.05) is 24.3 Å². The van der Waals surface area contributed by atoms with Crippen LogP contribution < -0.4 is 11.1 Å². The molecule has 1 aliphatic heterocycles. The summed E-state index contributed by atoms with van der Waals surface area (Å²) in [6.45, 7) is 1.04. The molecule has 106 valence electrons. The van der Waals surface area contributed by atoms with Gasteiger partial charge in [-0.2, -0.15) is 0 Å². The average Bonchev–Trinajstić information content (AvgIpc) is 3.07. The molecule has 0 spiro atoms. The number of fused-ring (bicyclic) bond motifs is 1. The van der Waals surface area contributed by atoms with E-state index in [4.69, 9.17) is 10.5 Å². The fourth-order valence-corrected chi connectivity index (χ4v) is 2.71. The topological polar surface area (TPSA) is 81.6 Å². The number of pyridine rings is 1. The zero-order valence-electron chi connectivity index (χ0n) is 11.4. The number of nitrogen functional groups attached to an aromatic ring is 1. The van der Waals surface area contributed by atoms with Crippen LogP contribution in [0.3, 0.4) is 0 Å². The third-order valence-corrected chi connectivity index (χ3v) is 3.70. The van der Waals surface area contributed by atoms with Gasteiger partial charge in [-0.05, 0) is 31.5 Å². The lowest BCUT2D eigenvalue weighted by Crippen LogP contribution is -2.24. The van der Waals surface area contributed by atoms with Crippen molar-refractivity contribution in [3.05, 3.63) is 29.8 Å². The monoisotopic (exact) mass is 274 g/mol. The lowest BCUT2D eigenvalue weighted by molar-refractivity contribution is 0.0596. The molecule has 1 saturated heterocycles. The summed E-state index contributed by atoms with van der Waals surface area (Å²) in [6.07, 6.45) is 4.89. The highest BCUT2D eigenvalue weighted by molar-refractivity contribution is 5.95. The second kappa shape index (κ2) is 5.13. The minimum Gasteiger partial charge on any atom is -0.464 e. The number of hydrogen-bond donors (Lipinski definition) is 2. The lowest BCUT2D eigenvalue weighted by atomic mass is 10.1. The molecule has 0 saturated carbocycles. The van der Waals surface area contributed by atoms with E-state index < -0.39 is 5.97 Å². The Morgan fingerprint density at radius 1 is 1.60 bits per heavy atom. The highest BCUT2D eigenvalue weighted by atomic mass is 16.5. The molecule has 3 rings (SSSR count). The summed E-state index contributed by atoms with van der Waals surface area (Å²) in [4.78, 5) is 16.3. The molecule has 1 unspecified atom stereocenters. The summed E-state index contributed by atoms with van der Waals surface area (Å²) in [7, 11) is 1.36. The van der Waals surface area contributed by atoms with Crippen LogP contribution in [0.4, 0.5) is 5.69 Å². The number of nitrogens with one attached hydrogen (secondary N) is 1. The Hall–Kier alpha value is -2.08. The van der Waals surface area contributed by atoms with E-state index in [1.165, 1.54) is 13.5 Å². The SMILES string of the molecule is COC(=O)c1nc(CC2CCCN2)n2cc(N)ccc12. The van der Waals surface area contributed by atoms with Crippen molar-refractivity contribution < 1.29 is 9.53 Å². The van der Waals surface area contributed by atoms with Gasteiger partial charge in [0.2, 0.25) is 0 Å². The maximum atomic E-state index is 11.8. The minimum absolute atomic E-state index is 0.348. The molecule has 3 heterocycles. The number of anilines is 1. The highest BCUT2D eigenvalue weighted by Gasteiger charge is 2.22. The summed E-state index contributed by atoms with van der Waals surface area (Å²) in [5, 5.41) is 3.44. The summed E-state index contributed by atoms with van der Waals surface area (Å²) in [5.41, 5.74) is 7.57. The Morgan fingerprint density at radius 3 is 3.15 bits per heavy atom. The number of rotatable bonds is 3. The van der Waals surface area contributed by atoms with Gasteiger partial charge in [0.05, 0.1) is 12.6 Å². The number of methoxy groups -OCH3 is 1. The maximum absolute atomic E-state index is 11.8. The summed E-state index contributed by atoms with van der Waals surface area (Å²) in [6, 6.07) is 3.98. The van der Waals surface area contributed by atoms with Gasteiger partial charge in [0.25, 0.3) is 0 Å². The molecule has 6 heteroatoms. The molecule has 1 atom stereocenters. The molecule has 2 aromatic heterocycles. The van der Waals surface area contributed by atoms with Gasteiger partial charge in [-0.25, -0.2) is 9.78 Å². The van der Waals surface area contributed by atoms with E-state index in [9.17, 15) is 4.79 Å². The Labute approximate surface area is 116 Å². The smallest absolute Gasteiger partial charge is 0.358 e. The van der Waals surface area contributed by atoms with E-state index in [0.29, 0.717) is 17.4 Å². The van der Waals surface area contributed by atoms with E-state index in [0.717, 1.165) is 30.7 Å². The maximum Gasteiger partial charge on any atom is 0.358 e. The van der Waals surface area contributed by atoms with Crippen LogP contribution in [0.1, 0.15) is 29.2 Å². The number of esters is 1. The zero-order valence-corrected chi connectivity index (χ0v) is 11.4. The molecule has 0 aliphatic carbocycles. The van der Waals surface area contributed by atoms with Crippen molar-refractivity contribution in [1.29, 1.82) is 0 Å². The number of ether oxygens (including phenoxy) is 1. The molecule has 0 aromatic carbocycles. The standard InChI is InChI=1S/C14H18N4O2/c1-20-14(19)13-11-5-4-9(15)8-18(11)12(17-13)7-10-3-2-6-16-10/h4-5,8,10,16H,2-3,6-7,15H2,1H3. The summed E-state index contributed by atoms with van der Waals surface area (Å²) < 4.78 is 6.69. The molecule has 0 radical (unpaired) electrons. The van der Waals surface area contributed by atoms with E-state index in [1.807, 2.05) is 4.40 Å². The van der Waals surface area contributed by atoms with Crippen LogP contribution in [-0.4, -0.2) is 35.1 Å². The molecular formula is C14H18N4O2. The highest BCUT2D eigenvalue weighted by Crippen LogP contribution is 2.19. The average molecular weight is 274 g/mol. The first-order chi connectivity index (χ1) is 9.69. The Bertz CT molecular complexity index is 644. The van der Waals surface area contributed by atoms with Crippen LogP contribution in [0.2, 0.25) is 0 Å². The fraction of sp³-hybridized carbons (Fsp3) is 0.429. The number of carbonyl (C=O) groups is 1. The number of nitrogens with zero attached hydrogens (tertiary/aromatic N) is 2. The number of hydrogen-bond acceptors (Lipinski definition) is 5. The molecule has 0 bridgehead atoms. The molecule has 6 nitrogen and oxygen atoms in total. The fourth-order valence-electron chi connectivity index (χ4n) is 2.71. The molecule has 20 heavy (non-hydrogen) atoms. The first kappa shape index (κ1) is 12.9. The number of imidazole rings is 1. The van der Waals surface area contributed by atoms with Crippen LogP contribution in [0, 0.1) is 0 Å². The molecular weight excluding hydrogens is 256 g/mol. The third kappa shape index (κ3) is 2.22. The number of aromatic nitrogens is 2. The van der Waals surface area contributed by atoms with Crippen molar-refractivity contribution in [2.24, 2.45) is 0 Å². The Balaban J connectivity index is 2.05. The third-order valence-electron chi connectivity index (χ3n) is 3.70. The van der Waals surface area contributed by atoms with Gasteiger partial charge < -0.3 is 20.2 Å². The lowest BCUT2D eigenvalue weighted by Gasteiger charge is -2.09. The largest absolute Gasteiger partial charge is 0.464 e. The van der Waals surface area contributed by atoms with E-state index in [1.54, 1.807) is 18.3 Å². The zero-order chi connectivity index (χ0) is 14.1. The van der Waals surface area contributed by atoms with Crippen LogP contribution in [0.25, 0.3) is 5.52 Å². The van der Waals surface area contributed by atoms with Gasteiger partial charge >= 0.3 is 5.97 Å². The van der Waals surface area contributed by atoms with Crippen molar-refractivity contribution in [3.8, 4) is 0 Å². The Kier molecular flexibility index (Phi) is 3.31. The quantitative estimate of drug-likeness (QED) is 0.816. The Morgan fingerprint density at radius 2 is 2.45 bits per heavy atom. The number of carbonyl (C=O) groups excluding carboxylic acids is 1. The van der Waals surface area contributed by atoms with Crippen molar-refractivity contribution in [2.75, 3.05) is 19.4 Å². The first-order valence-electron chi connectivity index (χ1n) is 6.77. The first-order valence-corrected chi connectivity index (χ1v) is 6.77. The second-order valence-corrected chi connectivity index (χ2v) is 5.08. The van der Waals surface area contributed by atoms with Crippen LogP contribution >= 0.6 is 0 Å². The van der Waals surface area contributed by atoms with Gasteiger partial charge in [-0.1, -0.05) is 0 Å². The van der Waals surface area contributed by atoms with Crippen molar-refractivity contribution >= 4 is 17.2 Å². The van der Waals surface area contributed by atoms with Crippen molar-refractivity contribution in [3.63, 3.8) is 0 Å². The predicted octanol–water partition coefficient (Wildman–Crippen LogP) is 0.998. The van der Waals surface area contributed by atoms with Gasteiger partial charge in [0.15, 0.2) is 5.69 Å². The molecule has 2 aromatic rings. The van der Waals surface area contributed by atoms with E-state index in [-0.39, 0.29) is 0 Å². The van der Waals surface area contributed by atoms with Crippen molar-refractivity contribution in [1.82, 2.24) is 14.7 Å². The molecule has 3 N–H and O–H groups in total. The van der Waals surface area contributed by atoms with Crippen LogP contribution in [0.15, 0.2) is 18.3 Å². The molecule has 0 amide bonds. The number of nitrogens with two attached hydrogens (primary N) is 1.